The Morgan fingerprint density at radius 3 is 2.00 bits per heavy atom. The molecule has 1 aliphatic heterocycles. The zero-order valence-electron chi connectivity index (χ0n) is 14.1. The van der Waals surface area contributed by atoms with Crippen LogP contribution in [0.3, 0.4) is 0 Å². The van der Waals surface area contributed by atoms with Crippen LogP contribution in [0.15, 0.2) is 60.7 Å². The highest BCUT2D eigenvalue weighted by atomic mass is 19.1. The van der Waals surface area contributed by atoms with Gasteiger partial charge in [-0.2, -0.15) is 0 Å². The second-order valence-corrected chi connectivity index (χ2v) is 6.20. The van der Waals surface area contributed by atoms with E-state index >= 15 is 0 Å². The van der Waals surface area contributed by atoms with Crippen LogP contribution < -0.4 is 0 Å². The third-order valence-corrected chi connectivity index (χ3v) is 4.28. The predicted molar refractivity (Wildman–Crippen MR) is 91.5 cm³/mol. The van der Waals surface area contributed by atoms with Crippen molar-refractivity contribution in [1.82, 2.24) is 0 Å². The monoisotopic (exact) mass is 346 g/mol. The van der Waals surface area contributed by atoms with Crippen molar-refractivity contribution >= 4 is 0 Å². The van der Waals surface area contributed by atoms with Gasteiger partial charge in [-0.15, -0.1) is 0 Å². The fourth-order valence-corrected chi connectivity index (χ4v) is 2.82. The van der Waals surface area contributed by atoms with Gasteiger partial charge in [0.2, 0.25) is 0 Å². The Hall–Kier alpha value is -1.79. The van der Waals surface area contributed by atoms with Crippen LogP contribution in [0, 0.1) is 0 Å². The maximum atomic E-state index is 14.8. The summed E-state index contributed by atoms with van der Waals surface area (Å²) >= 11 is 0. The lowest BCUT2D eigenvalue weighted by Crippen LogP contribution is -2.56. The van der Waals surface area contributed by atoms with Crippen LogP contribution in [0.5, 0.6) is 0 Å². The van der Waals surface area contributed by atoms with Crippen LogP contribution >= 0.6 is 0 Å². The minimum Gasteiger partial charge on any atom is -0.388 e. The van der Waals surface area contributed by atoms with Gasteiger partial charge in [0.15, 0.2) is 12.5 Å². The van der Waals surface area contributed by atoms with E-state index in [2.05, 4.69) is 0 Å². The normalized spacial score (nSPS) is 29.5. The van der Waals surface area contributed by atoms with Gasteiger partial charge in [0.05, 0.1) is 19.3 Å². The highest BCUT2D eigenvalue weighted by Crippen LogP contribution is 2.28. The highest BCUT2D eigenvalue weighted by Gasteiger charge is 2.45. The van der Waals surface area contributed by atoms with Crippen molar-refractivity contribution in [2.45, 2.75) is 50.9 Å². The third-order valence-electron chi connectivity index (χ3n) is 4.28. The summed E-state index contributed by atoms with van der Waals surface area (Å²) in [6, 6.07) is 19.0. The number of ether oxygens (including phenoxy) is 3. The van der Waals surface area contributed by atoms with Gasteiger partial charge in [0.1, 0.15) is 12.2 Å². The summed E-state index contributed by atoms with van der Waals surface area (Å²) in [4.78, 5) is 0. The van der Waals surface area contributed by atoms with Crippen LogP contribution in [-0.4, -0.2) is 35.9 Å². The Bertz CT molecular complexity index is 637. The minimum absolute atomic E-state index is 0.223. The summed E-state index contributed by atoms with van der Waals surface area (Å²) in [5.41, 5.74) is 1.85. The fourth-order valence-electron chi connectivity index (χ4n) is 2.82. The van der Waals surface area contributed by atoms with Crippen molar-refractivity contribution in [3.8, 4) is 0 Å². The number of hydrogen-bond acceptors (Lipinski definition) is 4. The molecule has 1 saturated heterocycles. The molecule has 5 atom stereocenters. The number of aliphatic hydroxyl groups is 1. The zero-order chi connectivity index (χ0) is 17.6. The lowest BCUT2D eigenvalue weighted by atomic mass is 10.0. The average molecular weight is 346 g/mol. The summed E-state index contributed by atoms with van der Waals surface area (Å²) in [5.74, 6) is 0. The molecule has 1 heterocycles. The number of benzene rings is 2. The number of aliphatic hydroxyl groups excluding tert-OH is 1. The molecule has 0 aliphatic carbocycles. The molecule has 0 unspecified atom stereocenters. The molecule has 2 aromatic carbocycles. The fraction of sp³-hybridized carbons (Fsp3) is 0.400. The Labute approximate surface area is 147 Å². The van der Waals surface area contributed by atoms with Crippen LogP contribution in [0.2, 0.25) is 0 Å². The molecule has 0 bridgehead atoms. The average Bonchev–Trinajstić information content (AvgIpc) is 2.65. The summed E-state index contributed by atoms with van der Waals surface area (Å²) in [7, 11) is 0. The Kier molecular flexibility index (Phi) is 6.15. The highest BCUT2D eigenvalue weighted by molar-refractivity contribution is 5.14. The first-order valence-corrected chi connectivity index (χ1v) is 8.44. The molecule has 0 spiro atoms. The summed E-state index contributed by atoms with van der Waals surface area (Å²) in [6.45, 7) is 2.15. The first-order chi connectivity index (χ1) is 12.1. The molecule has 0 amide bonds. The van der Waals surface area contributed by atoms with Crippen molar-refractivity contribution in [2.75, 3.05) is 0 Å². The van der Waals surface area contributed by atoms with Crippen molar-refractivity contribution in [1.29, 1.82) is 0 Å². The second kappa shape index (κ2) is 8.54. The molecule has 2 aromatic rings. The minimum atomic E-state index is -1.57. The predicted octanol–water partition coefficient (Wildman–Crippen LogP) is 3.23. The molecule has 134 valence electrons. The Balaban J connectivity index is 1.61. The van der Waals surface area contributed by atoms with Gasteiger partial charge in [0.25, 0.3) is 0 Å². The van der Waals surface area contributed by atoms with Gasteiger partial charge in [-0.25, -0.2) is 4.39 Å². The van der Waals surface area contributed by atoms with Crippen molar-refractivity contribution in [3.63, 3.8) is 0 Å². The lowest BCUT2D eigenvalue weighted by molar-refractivity contribution is -0.290. The van der Waals surface area contributed by atoms with Crippen LogP contribution in [-0.2, 0) is 27.4 Å². The van der Waals surface area contributed by atoms with Gasteiger partial charge in [-0.05, 0) is 18.1 Å². The van der Waals surface area contributed by atoms with Gasteiger partial charge < -0.3 is 19.3 Å². The van der Waals surface area contributed by atoms with E-state index in [0.717, 1.165) is 11.1 Å². The SMILES string of the molecule is C[C@@H]1O[C@H](OCc2ccccc2)[C@H](F)[C@H](OCc2ccccc2)[C@@H]1O. The molecule has 25 heavy (non-hydrogen) atoms. The van der Waals surface area contributed by atoms with E-state index in [9.17, 15) is 9.50 Å². The molecule has 1 N–H and O–H groups in total. The van der Waals surface area contributed by atoms with E-state index < -0.39 is 30.8 Å². The second-order valence-electron chi connectivity index (χ2n) is 6.20. The first-order valence-electron chi connectivity index (χ1n) is 8.44. The standard InChI is InChI=1S/C20H23FO4/c1-14-18(22)19(23-12-15-8-4-2-5-9-15)17(21)20(25-14)24-13-16-10-6-3-7-11-16/h2-11,14,17-20,22H,12-13H2,1H3/t14-,17+,18+,19-,20-/m0/s1. The van der Waals surface area contributed by atoms with E-state index in [0.29, 0.717) is 0 Å². The van der Waals surface area contributed by atoms with Gasteiger partial charge in [-0.3, -0.25) is 0 Å². The van der Waals surface area contributed by atoms with E-state index in [-0.39, 0.29) is 13.2 Å². The molecule has 0 radical (unpaired) electrons. The summed E-state index contributed by atoms with van der Waals surface area (Å²) < 4.78 is 31.5. The number of rotatable bonds is 6. The molecule has 0 aromatic heterocycles. The maximum Gasteiger partial charge on any atom is 0.192 e. The number of halogens is 1. The van der Waals surface area contributed by atoms with Gasteiger partial charge in [0, 0.05) is 0 Å². The van der Waals surface area contributed by atoms with E-state index in [1.165, 1.54) is 0 Å². The van der Waals surface area contributed by atoms with E-state index in [1.54, 1.807) is 6.92 Å². The topological polar surface area (TPSA) is 47.9 Å². The molecule has 5 heteroatoms. The van der Waals surface area contributed by atoms with Gasteiger partial charge in [-0.1, -0.05) is 60.7 Å². The first kappa shape index (κ1) is 18.0. The third kappa shape index (κ3) is 4.64. The van der Waals surface area contributed by atoms with Crippen LogP contribution in [0.1, 0.15) is 18.1 Å². The quantitative estimate of drug-likeness (QED) is 0.872. The van der Waals surface area contributed by atoms with Crippen molar-refractivity contribution in [3.05, 3.63) is 71.8 Å². The maximum absolute atomic E-state index is 14.8. The molecule has 0 saturated carbocycles. The molecule has 4 nitrogen and oxygen atoms in total. The largest absolute Gasteiger partial charge is 0.388 e. The lowest BCUT2D eigenvalue weighted by Gasteiger charge is -2.40. The molecular formula is C20H23FO4. The number of hydrogen-bond donors (Lipinski definition) is 1. The van der Waals surface area contributed by atoms with E-state index in [4.69, 9.17) is 14.2 Å². The molecule has 3 rings (SSSR count). The Morgan fingerprint density at radius 1 is 0.920 bits per heavy atom. The van der Waals surface area contributed by atoms with Crippen molar-refractivity contribution in [2.24, 2.45) is 0 Å². The molecule has 1 aliphatic rings. The number of alkyl halides is 1. The van der Waals surface area contributed by atoms with Crippen LogP contribution in [0.4, 0.5) is 4.39 Å². The van der Waals surface area contributed by atoms with Crippen LogP contribution in [0.25, 0.3) is 0 Å². The van der Waals surface area contributed by atoms with Crippen molar-refractivity contribution < 1.29 is 23.7 Å². The molecular weight excluding hydrogens is 323 g/mol. The molecule has 1 fully saturated rings. The summed E-state index contributed by atoms with van der Waals surface area (Å²) in [5, 5.41) is 10.2. The Morgan fingerprint density at radius 2 is 1.44 bits per heavy atom. The summed E-state index contributed by atoms with van der Waals surface area (Å²) in [6.07, 6.45) is -5.26. The zero-order valence-corrected chi connectivity index (χ0v) is 14.1. The van der Waals surface area contributed by atoms with Gasteiger partial charge >= 0.3 is 0 Å². The van der Waals surface area contributed by atoms with E-state index in [1.807, 2.05) is 60.7 Å². The smallest absolute Gasteiger partial charge is 0.192 e.